The van der Waals surface area contributed by atoms with Crippen LogP contribution in [0.3, 0.4) is 0 Å². The van der Waals surface area contributed by atoms with Crippen LogP contribution in [-0.4, -0.2) is 23.7 Å². The monoisotopic (exact) mass is 173 g/mol. The van der Waals surface area contributed by atoms with Gasteiger partial charge in [0.05, 0.1) is 0 Å². The van der Waals surface area contributed by atoms with Crippen LogP contribution in [0.2, 0.25) is 0 Å². The Morgan fingerprint density at radius 1 is 1.42 bits per heavy atom. The summed E-state index contributed by atoms with van der Waals surface area (Å²) in [6.07, 6.45) is 4.72. The third-order valence-corrected chi connectivity index (χ3v) is 1.85. The van der Waals surface area contributed by atoms with Gasteiger partial charge in [0.15, 0.2) is 0 Å². The molecule has 0 aromatic rings. The second kappa shape index (κ2) is 7.10. The molecule has 0 spiro atoms. The van der Waals surface area contributed by atoms with Gasteiger partial charge >= 0.3 is 5.97 Å². The highest BCUT2D eigenvalue weighted by molar-refractivity contribution is 5.72. The van der Waals surface area contributed by atoms with Gasteiger partial charge in [-0.2, -0.15) is 0 Å². The molecule has 0 amide bonds. The molecule has 0 saturated heterocycles. The van der Waals surface area contributed by atoms with Crippen molar-refractivity contribution in [3.63, 3.8) is 0 Å². The molecule has 0 aromatic heterocycles. The number of rotatable bonds is 7. The Balaban J connectivity index is 3.14. The minimum absolute atomic E-state index is 0.411. The zero-order valence-corrected chi connectivity index (χ0v) is 7.97. The lowest BCUT2D eigenvalue weighted by Crippen LogP contribution is -2.34. The summed E-state index contributed by atoms with van der Waals surface area (Å²) in [5, 5.41) is 11.5. The Bertz CT molecular complexity index is 126. The third-order valence-electron chi connectivity index (χ3n) is 1.85. The number of carboxylic acid groups (broad SMARTS) is 1. The molecule has 3 nitrogen and oxygen atoms in total. The Kier molecular flexibility index (Phi) is 6.76. The summed E-state index contributed by atoms with van der Waals surface area (Å²) < 4.78 is 0. The van der Waals surface area contributed by atoms with E-state index in [0.29, 0.717) is 0 Å². The minimum Gasteiger partial charge on any atom is -0.480 e. The van der Waals surface area contributed by atoms with Crippen molar-refractivity contribution in [3.05, 3.63) is 0 Å². The molecule has 0 fully saturated rings. The topological polar surface area (TPSA) is 49.3 Å². The quantitative estimate of drug-likeness (QED) is 0.575. The fraction of sp³-hybridized carbons (Fsp3) is 0.889. The van der Waals surface area contributed by atoms with Gasteiger partial charge in [-0.15, -0.1) is 0 Å². The molecule has 0 heterocycles. The van der Waals surface area contributed by atoms with Crippen molar-refractivity contribution in [1.29, 1.82) is 0 Å². The molecule has 72 valence electrons. The van der Waals surface area contributed by atoms with Crippen LogP contribution in [0.5, 0.6) is 0 Å². The first-order valence-electron chi connectivity index (χ1n) is 4.64. The molecule has 0 rings (SSSR count). The van der Waals surface area contributed by atoms with Crippen LogP contribution < -0.4 is 5.32 Å². The van der Waals surface area contributed by atoms with Gasteiger partial charge in [-0.25, -0.2) is 0 Å². The zero-order valence-electron chi connectivity index (χ0n) is 7.97. The van der Waals surface area contributed by atoms with Crippen LogP contribution in [-0.2, 0) is 4.79 Å². The number of nitrogens with one attached hydrogen (secondary N) is 1. The van der Waals surface area contributed by atoms with Crippen molar-refractivity contribution in [2.45, 2.75) is 45.6 Å². The molecule has 1 atom stereocenters. The lowest BCUT2D eigenvalue weighted by molar-refractivity contribution is -0.138. The summed E-state index contributed by atoms with van der Waals surface area (Å²) in [5.74, 6) is -0.773. The standard InChI is InChI=1S/C9H19NO2/c1-3-4-5-6-7-10-8(2)9(11)12/h8,10H,3-7H2,1-2H3,(H,11,12). The molecule has 0 radical (unpaired) electrons. The number of carboxylic acids is 1. The van der Waals surface area contributed by atoms with E-state index in [4.69, 9.17) is 5.11 Å². The Hall–Kier alpha value is -0.570. The van der Waals surface area contributed by atoms with Crippen molar-refractivity contribution in [2.75, 3.05) is 6.54 Å². The maximum atomic E-state index is 10.4. The van der Waals surface area contributed by atoms with Crippen LogP contribution in [0, 0.1) is 0 Å². The van der Waals surface area contributed by atoms with Gasteiger partial charge in [0, 0.05) is 0 Å². The molecule has 0 aliphatic heterocycles. The summed E-state index contributed by atoms with van der Waals surface area (Å²) >= 11 is 0. The Morgan fingerprint density at radius 3 is 2.58 bits per heavy atom. The first-order valence-corrected chi connectivity index (χ1v) is 4.64. The van der Waals surface area contributed by atoms with E-state index < -0.39 is 12.0 Å². The predicted octanol–water partition coefficient (Wildman–Crippen LogP) is 1.63. The molecule has 2 N–H and O–H groups in total. The van der Waals surface area contributed by atoms with Crippen LogP contribution in [0.1, 0.15) is 39.5 Å². The number of unbranched alkanes of at least 4 members (excludes halogenated alkanes) is 3. The number of aliphatic carboxylic acids is 1. The summed E-state index contributed by atoms with van der Waals surface area (Å²) in [5.41, 5.74) is 0. The van der Waals surface area contributed by atoms with Crippen molar-refractivity contribution in [2.24, 2.45) is 0 Å². The SMILES string of the molecule is CCCCCCNC(C)C(=O)O. The highest BCUT2D eigenvalue weighted by Gasteiger charge is 2.07. The molecule has 0 aliphatic carbocycles. The highest BCUT2D eigenvalue weighted by atomic mass is 16.4. The van der Waals surface area contributed by atoms with Gasteiger partial charge in [-0.1, -0.05) is 26.2 Å². The maximum absolute atomic E-state index is 10.4. The Labute approximate surface area is 74.2 Å². The summed E-state index contributed by atoms with van der Waals surface area (Å²) in [6, 6.07) is -0.411. The van der Waals surface area contributed by atoms with E-state index in [2.05, 4.69) is 12.2 Å². The van der Waals surface area contributed by atoms with Gasteiger partial charge in [0.2, 0.25) is 0 Å². The van der Waals surface area contributed by atoms with Crippen LogP contribution in [0.4, 0.5) is 0 Å². The van der Waals surface area contributed by atoms with E-state index in [-0.39, 0.29) is 0 Å². The lowest BCUT2D eigenvalue weighted by atomic mass is 10.2. The van der Waals surface area contributed by atoms with Gasteiger partial charge in [-0.3, -0.25) is 4.79 Å². The van der Waals surface area contributed by atoms with Crippen LogP contribution in [0.25, 0.3) is 0 Å². The van der Waals surface area contributed by atoms with E-state index in [9.17, 15) is 4.79 Å². The number of hydrogen-bond acceptors (Lipinski definition) is 2. The Morgan fingerprint density at radius 2 is 2.08 bits per heavy atom. The summed E-state index contributed by atoms with van der Waals surface area (Å²) in [6.45, 7) is 4.64. The molecule has 0 aromatic carbocycles. The number of hydrogen-bond donors (Lipinski definition) is 2. The third kappa shape index (κ3) is 6.16. The van der Waals surface area contributed by atoms with E-state index in [0.717, 1.165) is 13.0 Å². The van der Waals surface area contributed by atoms with Crippen LogP contribution in [0.15, 0.2) is 0 Å². The van der Waals surface area contributed by atoms with Gasteiger partial charge < -0.3 is 10.4 Å². The van der Waals surface area contributed by atoms with E-state index in [1.807, 2.05) is 0 Å². The van der Waals surface area contributed by atoms with Crippen molar-refractivity contribution >= 4 is 5.97 Å². The first-order chi connectivity index (χ1) is 5.68. The largest absolute Gasteiger partial charge is 0.480 e. The molecular weight excluding hydrogens is 154 g/mol. The molecule has 1 unspecified atom stereocenters. The lowest BCUT2D eigenvalue weighted by Gasteiger charge is -2.07. The zero-order chi connectivity index (χ0) is 9.40. The van der Waals surface area contributed by atoms with E-state index in [1.54, 1.807) is 6.92 Å². The van der Waals surface area contributed by atoms with E-state index in [1.165, 1.54) is 19.3 Å². The second-order valence-corrected chi connectivity index (χ2v) is 3.07. The highest BCUT2D eigenvalue weighted by Crippen LogP contribution is 1.97. The second-order valence-electron chi connectivity index (χ2n) is 3.07. The van der Waals surface area contributed by atoms with E-state index >= 15 is 0 Å². The molecule has 12 heavy (non-hydrogen) atoms. The average molecular weight is 173 g/mol. The first kappa shape index (κ1) is 11.4. The summed E-state index contributed by atoms with van der Waals surface area (Å²) in [4.78, 5) is 10.4. The van der Waals surface area contributed by atoms with Crippen LogP contribution >= 0.6 is 0 Å². The summed E-state index contributed by atoms with van der Waals surface area (Å²) in [7, 11) is 0. The minimum atomic E-state index is -0.773. The molecule has 0 aliphatic rings. The van der Waals surface area contributed by atoms with Crippen molar-refractivity contribution in [3.8, 4) is 0 Å². The molecule has 0 bridgehead atoms. The predicted molar refractivity (Wildman–Crippen MR) is 49.2 cm³/mol. The van der Waals surface area contributed by atoms with Crippen molar-refractivity contribution in [1.82, 2.24) is 5.32 Å². The molecular formula is C9H19NO2. The number of carbonyl (C=O) groups is 1. The normalized spacial score (nSPS) is 12.8. The van der Waals surface area contributed by atoms with Gasteiger partial charge in [0.1, 0.15) is 6.04 Å². The van der Waals surface area contributed by atoms with Gasteiger partial charge in [0.25, 0.3) is 0 Å². The fourth-order valence-corrected chi connectivity index (χ4v) is 0.958. The maximum Gasteiger partial charge on any atom is 0.320 e. The van der Waals surface area contributed by atoms with Crippen molar-refractivity contribution < 1.29 is 9.90 Å². The fourth-order valence-electron chi connectivity index (χ4n) is 0.958. The average Bonchev–Trinajstić information content (AvgIpc) is 2.03. The molecule has 3 heteroatoms. The van der Waals surface area contributed by atoms with Gasteiger partial charge in [-0.05, 0) is 19.9 Å². The smallest absolute Gasteiger partial charge is 0.320 e. The molecule has 0 saturated carbocycles.